The van der Waals surface area contributed by atoms with E-state index in [0.29, 0.717) is 19.1 Å². The maximum Gasteiger partial charge on any atom is 0.164 e. The van der Waals surface area contributed by atoms with E-state index in [1.54, 1.807) is 17.1 Å². The summed E-state index contributed by atoms with van der Waals surface area (Å²) in [7, 11) is 0. The third-order valence-electron chi connectivity index (χ3n) is 5.21. The molecule has 2 fully saturated rings. The minimum absolute atomic E-state index is 0.0458. The van der Waals surface area contributed by atoms with Crippen LogP contribution in [0.3, 0.4) is 0 Å². The van der Waals surface area contributed by atoms with Crippen LogP contribution in [0.2, 0.25) is 0 Å². The highest BCUT2D eigenvalue weighted by molar-refractivity contribution is 5.16. The van der Waals surface area contributed by atoms with E-state index in [1.165, 1.54) is 25.0 Å². The molecule has 0 bridgehead atoms. The highest BCUT2D eigenvalue weighted by Crippen LogP contribution is 2.41. The van der Waals surface area contributed by atoms with Crippen LogP contribution in [0.5, 0.6) is 0 Å². The van der Waals surface area contributed by atoms with Gasteiger partial charge in [-0.15, -0.1) is 0 Å². The molecule has 1 saturated heterocycles. The van der Waals surface area contributed by atoms with E-state index in [2.05, 4.69) is 15.4 Å². The molecule has 1 aliphatic carbocycles. The molecule has 128 valence electrons. The molecule has 1 aliphatic heterocycles. The van der Waals surface area contributed by atoms with Crippen molar-refractivity contribution in [1.29, 1.82) is 0 Å². The number of rotatable bonds is 5. The lowest BCUT2D eigenvalue weighted by Crippen LogP contribution is -2.45. The maximum absolute atomic E-state index is 13.2. The van der Waals surface area contributed by atoms with Gasteiger partial charge in [-0.3, -0.25) is 0 Å². The summed E-state index contributed by atoms with van der Waals surface area (Å²) in [6.07, 6.45) is 7.61. The first-order chi connectivity index (χ1) is 11.7. The van der Waals surface area contributed by atoms with E-state index in [9.17, 15) is 4.39 Å². The molecule has 1 aromatic carbocycles. The Morgan fingerprint density at radius 3 is 3.04 bits per heavy atom. The van der Waals surface area contributed by atoms with Crippen molar-refractivity contribution in [2.75, 3.05) is 6.61 Å². The Labute approximate surface area is 141 Å². The number of hydrogen-bond donors (Lipinski definition) is 1. The Kier molecular flexibility index (Phi) is 4.33. The lowest BCUT2D eigenvalue weighted by molar-refractivity contribution is -0.00494. The molecule has 5 nitrogen and oxygen atoms in total. The van der Waals surface area contributed by atoms with Crippen LogP contribution >= 0.6 is 0 Å². The molecule has 1 aromatic heterocycles. The minimum Gasteiger partial charge on any atom is -0.373 e. The summed E-state index contributed by atoms with van der Waals surface area (Å²) in [6, 6.07) is 6.98. The van der Waals surface area contributed by atoms with Crippen molar-refractivity contribution in [3.8, 4) is 0 Å². The quantitative estimate of drug-likeness (QED) is 0.916. The van der Waals surface area contributed by atoms with Crippen LogP contribution in [-0.4, -0.2) is 33.0 Å². The van der Waals surface area contributed by atoms with Crippen LogP contribution in [0.15, 0.2) is 30.6 Å². The van der Waals surface area contributed by atoms with Crippen LogP contribution < -0.4 is 5.32 Å². The van der Waals surface area contributed by atoms with E-state index < -0.39 is 0 Å². The lowest BCUT2D eigenvalue weighted by atomic mass is 9.92. The Balaban J connectivity index is 1.35. The maximum atomic E-state index is 13.2. The monoisotopic (exact) mass is 330 g/mol. The number of halogens is 1. The van der Waals surface area contributed by atoms with Gasteiger partial charge < -0.3 is 10.1 Å². The van der Waals surface area contributed by atoms with Gasteiger partial charge in [0.05, 0.1) is 18.7 Å². The highest BCUT2D eigenvalue weighted by Gasteiger charge is 2.45. The molecule has 2 aromatic rings. The lowest BCUT2D eigenvalue weighted by Gasteiger charge is -2.30. The van der Waals surface area contributed by atoms with Gasteiger partial charge in [0.15, 0.2) is 5.82 Å². The fraction of sp³-hybridized carbons (Fsp3) is 0.556. The average molecular weight is 330 g/mol. The average Bonchev–Trinajstić information content (AvgIpc) is 3.29. The van der Waals surface area contributed by atoms with Gasteiger partial charge in [0.2, 0.25) is 0 Å². The second-order valence-corrected chi connectivity index (χ2v) is 6.83. The van der Waals surface area contributed by atoms with Crippen LogP contribution in [0.25, 0.3) is 0 Å². The first kappa shape index (κ1) is 15.7. The smallest absolute Gasteiger partial charge is 0.164 e. The van der Waals surface area contributed by atoms with Crippen molar-refractivity contribution in [3.05, 3.63) is 47.8 Å². The standard InChI is InChI=1S/C18H23FN4O/c19-15-5-3-4-14(10-15)12-23-13-21-17(22-23)11-20-16-6-9-24-18(16)7-1-2-8-18/h3-5,10,13,16,20H,1-2,6-9,11-12H2. The predicted octanol–water partition coefficient (Wildman–Crippen LogP) is 2.66. The largest absolute Gasteiger partial charge is 0.373 e. The Bertz CT molecular complexity index is 690. The van der Waals surface area contributed by atoms with Gasteiger partial charge in [-0.2, -0.15) is 5.10 Å². The van der Waals surface area contributed by atoms with Crippen molar-refractivity contribution in [3.63, 3.8) is 0 Å². The molecule has 1 N–H and O–H groups in total. The SMILES string of the molecule is Fc1cccc(Cn2cnc(CNC3CCOC34CCCC4)n2)c1. The van der Waals surface area contributed by atoms with Crippen molar-refractivity contribution < 1.29 is 9.13 Å². The molecular weight excluding hydrogens is 307 g/mol. The number of hydrogen-bond acceptors (Lipinski definition) is 4. The summed E-state index contributed by atoms with van der Waals surface area (Å²) in [5.41, 5.74) is 0.929. The van der Waals surface area contributed by atoms with E-state index in [0.717, 1.165) is 37.3 Å². The van der Waals surface area contributed by atoms with E-state index in [-0.39, 0.29) is 11.4 Å². The first-order valence-corrected chi connectivity index (χ1v) is 8.74. The number of ether oxygens (including phenoxy) is 1. The van der Waals surface area contributed by atoms with Crippen LogP contribution in [0, 0.1) is 5.82 Å². The molecule has 1 saturated carbocycles. The fourth-order valence-electron chi connectivity index (χ4n) is 4.03. The number of aromatic nitrogens is 3. The molecule has 0 amide bonds. The number of nitrogens with zero attached hydrogens (tertiary/aromatic N) is 3. The summed E-state index contributed by atoms with van der Waals surface area (Å²) in [5.74, 6) is 0.545. The van der Waals surface area contributed by atoms with Crippen LogP contribution in [0.1, 0.15) is 43.5 Å². The minimum atomic E-state index is -0.224. The third-order valence-corrected chi connectivity index (χ3v) is 5.21. The van der Waals surface area contributed by atoms with Gasteiger partial charge in [0, 0.05) is 12.6 Å². The van der Waals surface area contributed by atoms with Crippen molar-refractivity contribution in [1.82, 2.24) is 20.1 Å². The second kappa shape index (κ2) is 6.61. The van der Waals surface area contributed by atoms with E-state index in [4.69, 9.17) is 4.74 Å². The summed E-state index contributed by atoms with van der Waals surface area (Å²) >= 11 is 0. The summed E-state index contributed by atoms with van der Waals surface area (Å²) < 4.78 is 21.1. The topological polar surface area (TPSA) is 52.0 Å². The zero-order valence-electron chi connectivity index (χ0n) is 13.7. The summed E-state index contributed by atoms with van der Waals surface area (Å²) in [4.78, 5) is 4.37. The zero-order valence-corrected chi connectivity index (χ0v) is 13.7. The molecule has 0 radical (unpaired) electrons. The Morgan fingerprint density at radius 1 is 1.33 bits per heavy atom. The first-order valence-electron chi connectivity index (χ1n) is 8.74. The van der Waals surface area contributed by atoms with E-state index >= 15 is 0 Å². The molecule has 1 unspecified atom stereocenters. The van der Waals surface area contributed by atoms with Crippen molar-refractivity contribution in [2.24, 2.45) is 0 Å². The van der Waals surface area contributed by atoms with Crippen LogP contribution in [-0.2, 0) is 17.8 Å². The number of benzene rings is 1. The third kappa shape index (κ3) is 3.21. The molecule has 2 aliphatic rings. The van der Waals surface area contributed by atoms with Crippen molar-refractivity contribution in [2.45, 2.75) is 56.8 Å². The van der Waals surface area contributed by atoms with Gasteiger partial charge in [0.1, 0.15) is 12.1 Å². The Hall–Kier alpha value is -1.79. The zero-order chi connectivity index (χ0) is 16.4. The Morgan fingerprint density at radius 2 is 2.21 bits per heavy atom. The molecule has 1 atom stereocenters. The molecule has 2 heterocycles. The molecule has 4 rings (SSSR count). The van der Waals surface area contributed by atoms with E-state index in [1.807, 2.05) is 6.07 Å². The van der Waals surface area contributed by atoms with Gasteiger partial charge >= 0.3 is 0 Å². The summed E-state index contributed by atoms with van der Waals surface area (Å²) in [5, 5.41) is 8.08. The fourth-order valence-corrected chi connectivity index (χ4v) is 4.03. The normalized spacial score (nSPS) is 22.5. The van der Waals surface area contributed by atoms with Crippen LogP contribution in [0.4, 0.5) is 4.39 Å². The summed E-state index contributed by atoms with van der Waals surface area (Å²) in [6.45, 7) is 2.02. The second-order valence-electron chi connectivity index (χ2n) is 6.83. The number of nitrogens with one attached hydrogen (secondary N) is 1. The highest BCUT2D eigenvalue weighted by atomic mass is 19.1. The molecular formula is C18H23FN4O. The predicted molar refractivity (Wildman–Crippen MR) is 87.9 cm³/mol. The molecule has 1 spiro atoms. The molecule has 24 heavy (non-hydrogen) atoms. The van der Waals surface area contributed by atoms with Gasteiger partial charge in [-0.1, -0.05) is 25.0 Å². The van der Waals surface area contributed by atoms with Gasteiger partial charge in [0.25, 0.3) is 0 Å². The van der Waals surface area contributed by atoms with Crippen molar-refractivity contribution >= 4 is 0 Å². The van der Waals surface area contributed by atoms with Gasteiger partial charge in [-0.05, 0) is 37.0 Å². The molecule has 6 heteroatoms. The van der Waals surface area contributed by atoms with Gasteiger partial charge in [-0.25, -0.2) is 14.1 Å².